The number of amides is 1. The Hall–Kier alpha value is -1.55. The lowest BCUT2D eigenvalue weighted by Gasteiger charge is -2.14. The van der Waals surface area contributed by atoms with Crippen molar-refractivity contribution in [3.63, 3.8) is 0 Å². The minimum atomic E-state index is -1.05. The van der Waals surface area contributed by atoms with Crippen molar-refractivity contribution < 1.29 is 14.7 Å². The summed E-state index contributed by atoms with van der Waals surface area (Å²) < 4.78 is 0. The van der Waals surface area contributed by atoms with E-state index in [1.165, 1.54) is 13.1 Å². The SMILES string of the molecule is Cc1ccc(C(=O)N(C)CC(=O)O)cc1Cl. The van der Waals surface area contributed by atoms with E-state index in [0.29, 0.717) is 10.6 Å². The van der Waals surface area contributed by atoms with Gasteiger partial charge in [-0.1, -0.05) is 17.7 Å². The van der Waals surface area contributed by atoms with Gasteiger partial charge in [0.2, 0.25) is 0 Å². The molecule has 0 aliphatic heterocycles. The van der Waals surface area contributed by atoms with E-state index in [-0.39, 0.29) is 12.5 Å². The molecule has 0 radical (unpaired) electrons. The molecule has 1 aromatic carbocycles. The Labute approximate surface area is 98.4 Å². The van der Waals surface area contributed by atoms with E-state index in [1.54, 1.807) is 12.1 Å². The van der Waals surface area contributed by atoms with Crippen molar-refractivity contribution >= 4 is 23.5 Å². The molecular formula is C11H12ClNO3. The van der Waals surface area contributed by atoms with Gasteiger partial charge in [-0.2, -0.15) is 0 Å². The normalized spacial score (nSPS) is 9.94. The molecule has 0 unspecified atom stereocenters. The van der Waals surface area contributed by atoms with Gasteiger partial charge in [-0.25, -0.2) is 0 Å². The fourth-order valence-corrected chi connectivity index (χ4v) is 1.40. The van der Waals surface area contributed by atoms with Gasteiger partial charge < -0.3 is 10.0 Å². The second-order valence-corrected chi connectivity index (χ2v) is 3.93. The molecule has 1 amide bonds. The lowest BCUT2D eigenvalue weighted by molar-refractivity contribution is -0.137. The highest BCUT2D eigenvalue weighted by molar-refractivity contribution is 6.31. The minimum absolute atomic E-state index is 0.329. The van der Waals surface area contributed by atoms with Crippen molar-refractivity contribution in [2.75, 3.05) is 13.6 Å². The maximum absolute atomic E-state index is 11.7. The van der Waals surface area contributed by atoms with Gasteiger partial charge in [-0.05, 0) is 24.6 Å². The first-order valence-corrected chi connectivity index (χ1v) is 5.03. The zero-order valence-electron chi connectivity index (χ0n) is 9.03. The van der Waals surface area contributed by atoms with Crippen LogP contribution in [0.25, 0.3) is 0 Å². The second kappa shape index (κ2) is 4.99. The number of carbonyl (C=O) groups is 2. The number of likely N-dealkylation sites (N-methyl/N-ethyl adjacent to an activating group) is 1. The fraction of sp³-hybridized carbons (Fsp3) is 0.273. The third-order valence-corrected chi connectivity index (χ3v) is 2.55. The maximum atomic E-state index is 11.7. The van der Waals surface area contributed by atoms with Crippen LogP contribution in [0.1, 0.15) is 15.9 Å². The molecule has 0 aliphatic carbocycles. The summed E-state index contributed by atoms with van der Waals surface area (Å²) in [6, 6.07) is 4.89. The largest absolute Gasteiger partial charge is 0.480 e. The Bertz CT molecular complexity index is 431. The molecule has 4 nitrogen and oxygen atoms in total. The summed E-state index contributed by atoms with van der Waals surface area (Å²) in [7, 11) is 1.43. The summed E-state index contributed by atoms with van der Waals surface area (Å²) in [5.74, 6) is -1.40. The van der Waals surface area contributed by atoms with Crippen LogP contribution in [0.2, 0.25) is 5.02 Å². The molecule has 0 atom stereocenters. The van der Waals surface area contributed by atoms with Crippen molar-refractivity contribution in [2.24, 2.45) is 0 Å². The molecule has 5 heteroatoms. The second-order valence-electron chi connectivity index (χ2n) is 3.52. The number of halogens is 1. The highest BCUT2D eigenvalue weighted by Crippen LogP contribution is 2.17. The number of rotatable bonds is 3. The van der Waals surface area contributed by atoms with Crippen molar-refractivity contribution in [3.05, 3.63) is 34.3 Å². The van der Waals surface area contributed by atoms with Crippen LogP contribution in [0.3, 0.4) is 0 Å². The maximum Gasteiger partial charge on any atom is 0.323 e. The highest BCUT2D eigenvalue weighted by atomic mass is 35.5. The number of carboxylic acids is 1. The van der Waals surface area contributed by atoms with Gasteiger partial charge in [0.05, 0.1) is 0 Å². The van der Waals surface area contributed by atoms with Gasteiger partial charge >= 0.3 is 5.97 Å². The zero-order chi connectivity index (χ0) is 12.3. The van der Waals surface area contributed by atoms with Gasteiger partial charge in [0, 0.05) is 17.6 Å². The Morgan fingerprint density at radius 1 is 1.44 bits per heavy atom. The molecule has 0 saturated heterocycles. The Morgan fingerprint density at radius 2 is 2.06 bits per heavy atom. The number of aryl methyl sites for hydroxylation is 1. The molecule has 0 fully saturated rings. The van der Waals surface area contributed by atoms with Crippen molar-refractivity contribution in [1.29, 1.82) is 0 Å². The Balaban J connectivity index is 2.88. The molecule has 0 saturated carbocycles. The summed E-state index contributed by atoms with van der Waals surface area (Å²) in [6.07, 6.45) is 0. The van der Waals surface area contributed by atoms with Crippen LogP contribution in [-0.4, -0.2) is 35.5 Å². The van der Waals surface area contributed by atoms with E-state index in [1.807, 2.05) is 6.92 Å². The van der Waals surface area contributed by atoms with Crippen LogP contribution in [0, 0.1) is 6.92 Å². The average Bonchev–Trinajstić information content (AvgIpc) is 2.20. The summed E-state index contributed by atoms with van der Waals surface area (Å²) in [6.45, 7) is 1.50. The van der Waals surface area contributed by atoms with Crippen LogP contribution in [0.15, 0.2) is 18.2 Å². The zero-order valence-corrected chi connectivity index (χ0v) is 9.78. The number of hydrogen-bond acceptors (Lipinski definition) is 2. The Kier molecular flexibility index (Phi) is 3.90. The first kappa shape index (κ1) is 12.5. The first-order chi connectivity index (χ1) is 7.41. The number of carbonyl (C=O) groups excluding carboxylic acids is 1. The molecule has 0 aromatic heterocycles. The van der Waals surface area contributed by atoms with E-state index in [4.69, 9.17) is 16.7 Å². The molecule has 16 heavy (non-hydrogen) atoms. The van der Waals surface area contributed by atoms with Gasteiger partial charge in [-0.15, -0.1) is 0 Å². The molecule has 86 valence electrons. The van der Waals surface area contributed by atoms with Crippen LogP contribution < -0.4 is 0 Å². The van der Waals surface area contributed by atoms with E-state index in [0.717, 1.165) is 10.5 Å². The van der Waals surface area contributed by atoms with Gasteiger partial charge in [0.25, 0.3) is 5.91 Å². The minimum Gasteiger partial charge on any atom is -0.480 e. The molecular weight excluding hydrogens is 230 g/mol. The number of aliphatic carboxylic acids is 1. The summed E-state index contributed by atoms with van der Waals surface area (Å²) in [5, 5.41) is 9.05. The highest BCUT2D eigenvalue weighted by Gasteiger charge is 2.14. The van der Waals surface area contributed by atoms with E-state index < -0.39 is 5.97 Å². The Morgan fingerprint density at radius 3 is 2.56 bits per heavy atom. The molecule has 0 spiro atoms. The lowest BCUT2D eigenvalue weighted by atomic mass is 10.1. The number of carboxylic acid groups (broad SMARTS) is 1. The monoisotopic (exact) mass is 241 g/mol. The van der Waals surface area contributed by atoms with Gasteiger partial charge in [0.1, 0.15) is 6.54 Å². The van der Waals surface area contributed by atoms with Crippen molar-refractivity contribution in [3.8, 4) is 0 Å². The number of benzene rings is 1. The third-order valence-electron chi connectivity index (χ3n) is 2.14. The number of hydrogen-bond donors (Lipinski definition) is 1. The van der Waals surface area contributed by atoms with Crippen LogP contribution in [-0.2, 0) is 4.79 Å². The summed E-state index contributed by atoms with van der Waals surface area (Å²) in [4.78, 5) is 23.3. The predicted molar refractivity (Wildman–Crippen MR) is 60.8 cm³/mol. The molecule has 1 N–H and O–H groups in total. The van der Waals surface area contributed by atoms with Crippen LogP contribution in [0.4, 0.5) is 0 Å². The lowest BCUT2D eigenvalue weighted by Crippen LogP contribution is -2.31. The summed E-state index contributed by atoms with van der Waals surface area (Å²) >= 11 is 5.88. The molecule has 0 bridgehead atoms. The van der Waals surface area contributed by atoms with Gasteiger partial charge in [0.15, 0.2) is 0 Å². The van der Waals surface area contributed by atoms with Crippen LogP contribution >= 0.6 is 11.6 Å². The molecule has 0 aliphatic rings. The van der Waals surface area contributed by atoms with E-state index in [9.17, 15) is 9.59 Å². The average molecular weight is 242 g/mol. The molecule has 1 aromatic rings. The molecule has 0 heterocycles. The number of nitrogens with zero attached hydrogens (tertiary/aromatic N) is 1. The van der Waals surface area contributed by atoms with Crippen molar-refractivity contribution in [2.45, 2.75) is 6.92 Å². The summed E-state index contributed by atoms with van der Waals surface area (Å²) in [5.41, 5.74) is 1.26. The first-order valence-electron chi connectivity index (χ1n) is 4.65. The molecule has 1 rings (SSSR count). The predicted octanol–water partition coefficient (Wildman–Crippen LogP) is 1.81. The third kappa shape index (κ3) is 2.97. The van der Waals surface area contributed by atoms with Crippen molar-refractivity contribution in [1.82, 2.24) is 4.90 Å². The van der Waals surface area contributed by atoms with Gasteiger partial charge in [-0.3, -0.25) is 9.59 Å². The fourth-order valence-electron chi connectivity index (χ4n) is 1.22. The smallest absolute Gasteiger partial charge is 0.323 e. The topological polar surface area (TPSA) is 57.6 Å². The standard InChI is InChI=1S/C11H12ClNO3/c1-7-3-4-8(5-9(7)12)11(16)13(2)6-10(14)15/h3-5H,6H2,1-2H3,(H,14,15). The van der Waals surface area contributed by atoms with E-state index >= 15 is 0 Å². The van der Waals surface area contributed by atoms with E-state index in [2.05, 4.69) is 0 Å². The quantitative estimate of drug-likeness (QED) is 0.878. The van der Waals surface area contributed by atoms with Crippen LogP contribution in [0.5, 0.6) is 0 Å².